The summed E-state index contributed by atoms with van der Waals surface area (Å²) in [5.74, 6) is 2.49. The molecule has 0 spiro atoms. The number of unbranched alkanes of at least 4 members (excludes halogenated alkanes) is 3. The molecule has 2 rings (SSSR count). The zero-order valence-electron chi connectivity index (χ0n) is 14.6. The molecule has 0 N–H and O–H groups in total. The Labute approximate surface area is 153 Å². The van der Waals surface area contributed by atoms with E-state index in [2.05, 4.69) is 35.0 Å². The molecule has 24 heavy (non-hydrogen) atoms. The number of halogens is 1. The Morgan fingerprint density at radius 2 is 1.75 bits per heavy atom. The van der Waals surface area contributed by atoms with Gasteiger partial charge < -0.3 is 14.2 Å². The predicted octanol–water partition coefficient (Wildman–Crippen LogP) is 5.97. The number of fused-ring (bicyclic) bond motifs is 1. The summed E-state index contributed by atoms with van der Waals surface area (Å²) < 4.78 is 17.3. The maximum Gasteiger partial charge on any atom is 0.168 e. The lowest BCUT2D eigenvalue weighted by atomic mass is 10.1. The fraction of sp³-hybridized carbons (Fsp3) is 0.500. The number of methoxy groups -OCH3 is 1. The van der Waals surface area contributed by atoms with Crippen LogP contribution in [-0.2, 0) is 0 Å². The maximum atomic E-state index is 5.87. The maximum absolute atomic E-state index is 5.87. The molecule has 0 unspecified atom stereocenters. The topological polar surface area (TPSA) is 27.7 Å². The summed E-state index contributed by atoms with van der Waals surface area (Å²) in [7, 11) is 1.68. The van der Waals surface area contributed by atoms with Crippen molar-refractivity contribution in [2.45, 2.75) is 39.0 Å². The molecular weight excluding hydrogens is 368 g/mol. The number of hydrogen-bond acceptors (Lipinski definition) is 3. The van der Waals surface area contributed by atoms with Crippen LogP contribution in [0.4, 0.5) is 0 Å². The summed E-state index contributed by atoms with van der Waals surface area (Å²) in [6.07, 6.45) is 5.82. The summed E-state index contributed by atoms with van der Waals surface area (Å²) in [5.41, 5.74) is 0. The molecular formula is C20H27BrO3. The van der Waals surface area contributed by atoms with Crippen molar-refractivity contribution in [2.24, 2.45) is 0 Å². The minimum Gasteiger partial charge on any atom is -0.494 e. The second-order valence-corrected chi connectivity index (χ2v) is 6.57. The van der Waals surface area contributed by atoms with Crippen LogP contribution in [0.2, 0.25) is 0 Å². The van der Waals surface area contributed by atoms with Crippen LogP contribution < -0.4 is 14.2 Å². The molecule has 0 saturated carbocycles. The molecule has 0 bridgehead atoms. The van der Waals surface area contributed by atoms with Crippen LogP contribution in [0, 0.1) is 0 Å². The number of benzene rings is 2. The van der Waals surface area contributed by atoms with Gasteiger partial charge in [0.15, 0.2) is 11.5 Å². The average molecular weight is 395 g/mol. The monoisotopic (exact) mass is 394 g/mol. The van der Waals surface area contributed by atoms with E-state index in [1.54, 1.807) is 7.11 Å². The van der Waals surface area contributed by atoms with Gasteiger partial charge in [-0.3, -0.25) is 0 Å². The van der Waals surface area contributed by atoms with Crippen LogP contribution in [0.5, 0.6) is 17.2 Å². The summed E-state index contributed by atoms with van der Waals surface area (Å²) in [4.78, 5) is 0. The SMILES string of the molecule is CCCCCCOc1ccc2c(OC)c(OCCCBr)ccc2c1. The highest BCUT2D eigenvalue weighted by molar-refractivity contribution is 9.09. The zero-order chi connectivity index (χ0) is 17.2. The Balaban J connectivity index is 2.08. The Morgan fingerprint density at radius 1 is 0.917 bits per heavy atom. The van der Waals surface area contributed by atoms with E-state index in [-0.39, 0.29) is 0 Å². The molecule has 2 aromatic carbocycles. The fourth-order valence-electron chi connectivity index (χ4n) is 2.63. The van der Waals surface area contributed by atoms with Crippen molar-refractivity contribution in [2.75, 3.05) is 25.7 Å². The van der Waals surface area contributed by atoms with E-state index in [1.807, 2.05) is 18.2 Å². The van der Waals surface area contributed by atoms with Gasteiger partial charge in [-0.25, -0.2) is 0 Å². The quantitative estimate of drug-likeness (QED) is 0.347. The molecule has 0 aliphatic heterocycles. The van der Waals surface area contributed by atoms with Crippen molar-refractivity contribution in [1.29, 1.82) is 0 Å². The van der Waals surface area contributed by atoms with Crippen LogP contribution in [0.1, 0.15) is 39.0 Å². The van der Waals surface area contributed by atoms with Gasteiger partial charge in [0.25, 0.3) is 0 Å². The number of ether oxygens (including phenoxy) is 3. The highest BCUT2D eigenvalue weighted by Crippen LogP contribution is 2.37. The van der Waals surface area contributed by atoms with Gasteiger partial charge in [-0.1, -0.05) is 48.2 Å². The van der Waals surface area contributed by atoms with E-state index in [4.69, 9.17) is 14.2 Å². The molecule has 0 heterocycles. The fourth-order valence-corrected chi connectivity index (χ4v) is 2.86. The Kier molecular flexibility index (Phi) is 8.23. The van der Waals surface area contributed by atoms with Gasteiger partial charge in [0.2, 0.25) is 0 Å². The summed E-state index contributed by atoms with van der Waals surface area (Å²) in [6, 6.07) is 10.2. The molecule has 0 atom stereocenters. The van der Waals surface area contributed by atoms with E-state index in [0.29, 0.717) is 6.61 Å². The lowest BCUT2D eigenvalue weighted by Crippen LogP contribution is -2.00. The Hall–Kier alpha value is -1.42. The van der Waals surface area contributed by atoms with Gasteiger partial charge in [-0.05, 0) is 42.5 Å². The molecule has 0 aromatic heterocycles. The van der Waals surface area contributed by atoms with Gasteiger partial charge in [-0.2, -0.15) is 0 Å². The lowest BCUT2D eigenvalue weighted by Gasteiger charge is -2.14. The van der Waals surface area contributed by atoms with E-state index >= 15 is 0 Å². The van der Waals surface area contributed by atoms with Crippen LogP contribution in [0.25, 0.3) is 10.8 Å². The molecule has 4 heteroatoms. The van der Waals surface area contributed by atoms with Gasteiger partial charge in [0, 0.05) is 10.7 Å². The molecule has 0 radical (unpaired) electrons. The highest BCUT2D eigenvalue weighted by atomic mass is 79.9. The minimum absolute atomic E-state index is 0.673. The lowest BCUT2D eigenvalue weighted by molar-refractivity contribution is 0.297. The Morgan fingerprint density at radius 3 is 2.50 bits per heavy atom. The first-order chi connectivity index (χ1) is 11.8. The number of hydrogen-bond donors (Lipinski definition) is 0. The largest absolute Gasteiger partial charge is 0.494 e. The van der Waals surface area contributed by atoms with Crippen molar-refractivity contribution in [3.63, 3.8) is 0 Å². The van der Waals surface area contributed by atoms with Crippen LogP contribution >= 0.6 is 15.9 Å². The van der Waals surface area contributed by atoms with E-state index < -0.39 is 0 Å². The summed E-state index contributed by atoms with van der Waals surface area (Å²) in [5, 5.41) is 3.08. The number of alkyl halides is 1. The van der Waals surface area contributed by atoms with E-state index in [0.717, 1.165) is 52.8 Å². The zero-order valence-corrected chi connectivity index (χ0v) is 16.2. The van der Waals surface area contributed by atoms with E-state index in [1.165, 1.54) is 19.3 Å². The van der Waals surface area contributed by atoms with Gasteiger partial charge in [0.1, 0.15) is 5.75 Å². The first kappa shape index (κ1) is 18.9. The van der Waals surface area contributed by atoms with Crippen LogP contribution in [0.3, 0.4) is 0 Å². The minimum atomic E-state index is 0.673. The van der Waals surface area contributed by atoms with Crippen molar-refractivity contribution < 1.29 is 14.2 Å². The molecule has 0 aliphatic rings. The molecule has 0 amide bonds. The van der Waals surface area contributed by atoms with Gasteiger partial charge in [0.05, 0.1) is 20.3 Å². The normalized spacial score (nSPS) is 10.8. The van der Waals surface area contributed by atoms with Crippen LogP contribution in [-0.4, -0.2) is 25.7 Å². The number of rotatable bonds is 11. The van der Waals surface area contributed by atoms with Gasteiger partial charge >= 0.3 is 0 Å². The third-order valence-electron chi connectivity index (χ3n) is 3.91. The third-order valence-corrected chi connectivity index (χ3v) is 4.47. The molecule has 0 aliphatic carbocycles. The third kappa shape index (κ3) is 5.30. The Bertz CT molecular complexity index is 628. The van der Waals surface area contributed by atoms with E-state index in [9.17, 15) is 0 Å². The van der Waals surface area contributed by atoms with Gasteiger partial charge in [-0.15, -0.1) is 0 Å². The molecule has 3 nitrogen and oxygen atoms in total. The van der Waals surface area contributed by atoms with Crippen molar-refractivity contribution >= 4 is 26.7 Å². The standard InChI is InChI=1S/C20H27BrO3/c1-3-4-5-6-13-23-17-9-10-18-16(15-17)8-11-19(20(18)22-2)24-14-7-12-21/h8-11,15H,3-7,12-14H2,1-2H3. The first-order valence-electron chi connectivity index (χ1n) is 8.72. The molecule has 132 valence electrons. The van der Waals surface area contributed by atoms with Crippen molar-refractivity contribution in [3.05, 3.63) is 30.3 Å². The summed E-state index contributed by atoms with van der Waals surface area (Å²) >= 11 is 3.42. The smallest absolute Gasteiger partial charge is 0.168 e. The molecule has 2 aromatic rings. The van der Waals surface area contributed by atoms with Crippen LogP contribution in [0.15, 0.2) is 30.3 Å². The second-order valence-electron chi connectivity index (χ2n) is 5.78. The average Bonchev–Trinajstić information content (AvgIpc) is 2.61. The summed E-state index contributed by atoms with van der Waals surface area (Å²) in [6.45, 7) is 3.66. The van der Waals surface area contributed by atoms with Crippen molar-refractivity contribution in [1.82, 2.24) is 0 Å². The second kappa shape index (κ2) is 10.4. The predicted molar refractivity (Wildman–Crippen MR) is 104 cm³/mol. The first-order valence-corrected chi connectivity index (χ1v) is 9.84. The van der Waals surface area contributed by atoms with Crippen molar-refractivity contribution in [3.8, 4) is 17.2 Å². The highest BCUT2D eigenvalue weighted by Gasteiger charge is 2.10. The molecule has 0 saturated heterocycles. The molecule has 0 fully saturated rings.